The van der Waals surface area contributed by atoms with E-state index in [4.69, 9.17) is 0 Å². The van der Waals surface area contributed by atoms with Gasteiger partial charge >= 0.3 is 0 Å². The van der Waals surface area contributed by atoms with Crippen molar-refractivity contribution in [2.24, 2.45) is 0 Å². The van der Waals surface area contributed by atoms with Crippen LogP contribution in [0.2, 0.25) is 0 Å². The summed E-state index contributed by atoms with van der Waals surface area (Å²) in [5, 5.41) is 13.8. The number of rotatable bonds is 6. The second-order valence-corrected chi connectivity index (χ2v) is 8.80. The third-order valence-electron chi connectivity index (χ3n) is 6.61. The monoisotopic (exact) mass is 439 g/mol. The minimum Gasteiger partial charge on any atom is -0.387 e. The number of halogens is 1. The Hall–Kier alpha value is -2.77. The van der Waals surface area contributed by atoms with Crippen LogP contribution in [0, 0.1) is 5.82 Å². The molecule has 0 saturated carbocycles. The first-order valence-electron chi connectivity index (χ1n) is 11.2. The zero-order chi connectivity index (χ0) is 22.7. The Balaban J connectivity index is 1.40. The predicted molar refractivity (Wildman–Crippen MR) is 121 cm³/mol. The fourth-order valence-corrected chi connectivity index (χ4v) is 4.91. The van der Waals surface area contributed by atoms with E-state index in [0.717, 1.165) is 24.2 Å². The molecule has 0 aliphatic carbocycles. The van der Waals surface area contributed by atoms with Crippen LogP contribution < -0.4 is 10.2 Å². The van der Waals surface area contributed by atoms with Gasteiger partial charge in [-0.3, -0.25) is 9.59 Å². The van der Waals surface area contributed by atoms with Crippen LogP contribution in [0.4, 0.5) is 10.1 Å². The van der Waals surface area contributed by atoms with E-state index >= 15 is 0 Å². The molecule has 2 amide bonds. The number of benzene rings is 2. The average molecular weight is 440 g/mol. The molecule has 0 aromatic heterocycles. The number of β-amino-alcohol motifs (C(OH)–C–C–N with tert-alkyl or cyclic N) is 1. The molecule has 32 heavy (non-hydrogen) atoms. The van der Waals surface area contributed by atoms with E-state index in [1.54, 1.807) is 23.1 Å². The standard InChI is InChI=1S/C25H30FN3O3/c1-18(30)27-25(21-5-2-3-6-22(21)26)12-15-28(16-13-25)17-23(31)19-8-10-20(11-9-19)29-14-4-7-24(29)32/h2-3,5-6,8-11,23,31H,4,7,12-17H2,1H3,(H,27,30). The molecule has 170 valence electrons. The molecular formula is C25H30FN3O3. The molecule has 2 aliphatic rings. The Morgan fingerprint density at radius 1 is 1.12 bits per heavy atom. The fraction of sp³-hybridized carbons (Fsp3) is 0.440. The highest BCUT2D eigenvalue weighted by molar-refractivity contribution is 5.95. The number of amides is 2. The van der Waals surface area contributed by atoms with Crippen LogP contribution in [-0.2, 0) is 15.1 Å². The van der Waals surface area contributed by atoms with Gasteiger partial charge in [0.05, 0.1) is 11.6 Å². The molecule has 2 aromatic carbocycles. The van der Waals surface area contributed by atoms with Gasteiger partial charge in [0.1, 0.15) is 5.82 Å². The van der Waals surface area contributed by atoms with Gasteiger partial charge < -0.3 is 20.2 Å². The van der Waals surface area contributed by atoms with Crippen LogP contribution >= 0.6 is 0 Å². The van der Waals surface area contributed by atoms with E-state index in [9.17, 15) is 19.1 Å². The van der Waals surface area contributed by atoms with E-state index in [1.165, 1.54) is 13.0 Å². The largest absolute Gasteiger partial charge is 0.387 e. The van der Waals surface area contributed by atoms with Crippen molar-refractivity contribution >= 4 is 17.5 Å². The summed E-state index contributed by atoms with van der Waals surface area (Å²) in [6, 6.07) is 14.1. The van der Waals surface area contributed by atoms with Crippen molar-refractivity contribution < 1.29 is 19.1 Å². The Morgan fingerprint density at radius 2 is 1.81 bits per heavy atom. The van der Waals surface area contributed by atoms with Crippen molar-refractivity contribution in [1.29, 1.82) is 0 Å². The summed E-state index contributed by atoms with van der Waals surface area (Å²) >= 11 is 0. The maximum atomic E-state index is 14.5. The van der Waals surface area contributed by atoms with E-state index in [1.807, 2.05) is 24.3 Å². The number of nitrogens with one attached hydrogen (secondary N) is 1. The predicted octanol–water partition coefficient (Wildman–Crippen LogP) is 3.11. The van der Waals surface area contributed by atoms with Crippen LogP contribution in [0.15, 0.2) is 48.5 Å². The van der Waals surface area contributed by atoms with E-state index in [0.29, 0.717) is 44.5 Å². The van der Waals surface area contributed by atoms with Crippen molar-refractivity contribution in [3.63, 3.8) is 0 Å². The van der Waals surface area contributed by atoms with Crippen molar-refractivity contribution in [2.45, 2.75) is 44.2 Å². The molecule has 2 heterocycles. The quantitative estimate of drug-likeness (QED) is 0.726. The zero-order valence-corrected chi connectivity index (χ0v) is 18.4. The molecule has 6 nitrogen and oxygen atoms in total. The number of anilines is 1. The maximum absolute atomic E-state index is 14.5. The van der Waals surface area contributed by atoms with Gasteiger partial charge in [-0.2, -0.15) is 0 Å². The van der Waals surface area contributed by atoms with E-state index in [-0.39, 0.29) is 17.6 Å². The summed E-state index contributed by atoms with van der Waals surface area (Å²) < 4.78 is 14.5. The number of aliphatic hydroxyl groups excluding tert-OH is 1. The summed E-state index contributed by atoms with van der Waals surface area (Å²) in [7, 11) is 0. The Kier molecular flexibility index (Phi) is 6.58. The molecule has 4 rings (SSSR count). The lowest BCUT2D eigenvalue weighted by atomic mass is 9.80. The molecular weight excluding hydrogens is 409 g/mol. The zero-order valence-electron chi connectivity index (χ0n) is 18.4. The van der Waals surface area contributed by atoms with Crippen LogP contribution in [0.5, 0.6) is 0 Å². The normalized spacial score (nSPS) is 19.7. The smallest absolute Gasteiger partial charge is 0.227 e. The molecule has 1 atom stereocenters. The minimum absolute atomic E-state index is 0.143. The number of carbonyl (C=O) groups is 2. The first-order chi connectivity index (χ1) is 15.4. The summed E-state index contributed by atoms with van der Waals surface area (Å²) in [5.41, 5.74) is 1.45. The maximum Gasteiger partial charge on any atom is 0.227 e. The number of carbonyl (C=O) groups excluding carboxylic acids is 2. The number of piperidine rings is 1. The van der Waals surface area contributed by atoms with Crippen LogP contribution in [0.25, 0.3) is 0 Å². The molecule has 2 N–H and O–H groups in total. The highest BCUT2D eigenvalue weighted by Gasteiger charge is 2.39. The van der Waals surface area contributed by atoms with E-state index < -0.39 is 11.6 Å². The molecule has 0 radical (unpaired) electrons. The van der Waals surface area contributed by atoms with Gasteiger partial charge in [0.15, 0.2) is 0 Å². The highest BCUT2D eigenvalue weighted by atomic mass is 19.1. The molecule has 7 heteroatoms. The van der Waals surface area contributed by atoms with Gasteiger partial charge in [-0.05, 0) is 43.0 Å². The molecule has 2 aromatic rings. The van der Waals surface area contributed by atoms with Gasteiger partial charge in [-0.1, -0.05) is 30.3 Å². The highest BCUT2D eigenvalue weighted by Crippen LogP contribution is 2.35. The minimum atomic E-state index is -0.734. The number of nitrogens with zero attached hydrogens (tertiary/aromatic N) is 2. The van der Waals surface area contributed by atoms with Crippen LogP contribution in [0.3, 0.4) is 0 Å². The van der Waals surface area contributed by atoms with Gasteiger partial charge in [0.25, 0.3) is 0 Å². The lowest BCUT2D eigenvalue weighted by molar-refractivity contribution is -0.122. The number of likely N-dealkylation sites (tertiary alicyclic amines) is 1. The fourth-order valence-electron chi connectivity index (χ4n) is 4.91. The number of hydrogen-bond acceptors (Lipinski definition) is 4. The lowest BCUT2D eigenvalue weighted by Crippen LogP contribution is -2.53. The molecule has 0 bridgehead atoms. The summed E-state index contributed by atoms with van der Waals surface area (Å²) in [4.78, 5) is 27.7. The second kappa shape index (κ2) is 9.38. The average Bonchev–Trinajstić information content (AvgIpc) is 3.21. The first kappa shape index (κ1) is 22.4. The SMILES string of the molecule is CC(=O)NC1(c2ccccc2F)CCN(CC(O)c2ccc(N3CCCC3=O)cc2)CC1. The van der Waals surface area contributed by atoms with Gasteiger partial charge in [-0.25, -0.2) is 4.39 Å². The molecule has 2 aliphatic heterocycles. The van der Waals surface area contributed by atoms with Crippen LogP contribution in [-0.4, -0.2) is 48.0 Å². The van der Waals surface area contributed by atoms with Crippen molar-refractivity contribution in [3.8, 4) is 0 Å². The number of aliphatic hydroxyl groups is 1. The van der Waals surface area contributed by atoms with Crippen molar-refractivity contribution in [3.05, 3.63) is 65.5 Å². The van der Waals surface area contributed by atoms with Gasteiger partial charge in [0, 0.05) is 50.8 Å². The molecule has 2 fully saturated rings. The molecule has 2 saturated heterocycles. The number of hydrogen-bond donors (Lipinski definition) is 2. The van der Waals surface area contributed by atoms with Crippen molar-refractivity contribution in [1.82, 2.24) is 10.2 Å². The molecule has 1 unspecified atom stereocenters. The Morgan fingerprint density at radius 3 is 2.41 bits per heavy atom. The summed E-state index contributed by atoms with van der Waals surface area (Å²) in [6.45, 7) is 3.91. The topological polar surface area (TPSA) is 72.9 Å². The van der Waals surface area contributed by atoms with Crippen molar-refractivity contribution in [2.75, 3.05) is 31.1 Å². The van der Waals surface area contributed by atoms with E-state index in [2.05, 4.69) is 10.2 Å². The molecule has 0 spiro atoms. The van der Waals surface area contributed by atoms with Gasteiger partial charge in [0.2, 0.25) is 11.8 Å². The van der Waals surface area contributed by atoms with Gasteiger partial charge in [-0.15, -0.1) is 0 Å². The lowest BCUT2D eigenvalue weighted by Gasteiger charge is -2.43. The second-order valence-electron chi connectivity index (χ2n) is 8.80. The third-order valence-corrected chi connectivity index (χ3v) is 6.61. The Labute approximate surface area is 188 Å². The van der Waals surface area contributed by atoms with Crippen LogP contribution in [0.1, 0.15) is 49.8 Å². The first-order valence-corrected chi connectivity index (χ1v) is 11.2. The Bertz CT molecular complexity index is 971. The summed E-state index contributed by atoms with van der Waals surface area (Å²) in [6.07, 6.45) is 1.93. The summed E-state index contributed by atoms with van der Waals surface area (Å²) in [5.74, 6) is -0.353. The third kappa shape index (κ3) is 4.69.